The van der Waals surface area contributed by atoms with Gasteiger partial charge in [0.1, 0.15) is 5.82 Å². The van der Waals surface area contributed by atoms with Gasteiger partial charge in [-0.05, 0) is 69.8 Å². The van der Waals surface area contributed by atoms with Crippen LogP contribution in [0.15, 0.2) is 36.2 Å². The molecule has 146 valence electrons. The number of allylic oxidation sites excluding steroid dienone is 2. The molecule has 1 aromatic rings. The third kappa shape index (κ3) is 4.39. The first-order valence-electron chi connectivity index (χ1n) is 10.1. The Hall–Kier alpha value is -1.36. The van der Waals surface area contributed by atoms with Crippen molar-refractivity contribution in [3.8, 4) is 0 Å². The molecule has 1 unspecified atom stereocenters. The Morgan fingerprint density at radius 1 is 0.963 bits per heavy atom. The summed E-state index contributed by atoms with van der Waals surface area (Å²) >= 11 is 12.5. The highest BCUT2D eigenvalue weighted by Crippen LogP contribution is 2.31. The van der Waals surface area contributed by atoms with Crippen molar-refractivity contribution in [2.45, 2.75) is 44.6 Å². The lowest BCUT2D eigenvalue weighted by Crippen LogP contribution is -2.48. The maximum atomic E-state index is 6.36. The quantitative estimate of drug-likeness (QED) is 0.746. The molecule has 0 aliphatic carbocycles. The topological polar surface area (TPSA) is 30.5 Å². The van der Waals surface area contributed by atoms with Crippen molar-refractivity contribution in [1.82, 2.24) is 20.7 Å². The van der Waals surface area contributed by atoms with Gasteiger partial charge < -0.3 is 9.80 Å². The molecule has 0 radical (unpaired) electrons. The van der Waals surface area contributed by atoms with Crippen LogP contribution in [-0.4, -0.2) is 42.0 Å². The Balaban J connectivity index is 1.45. The number of benzene rings is 1. The highest BCUT2D eigenvalue weighted by Gasteiger charge is 2.26. The van der Waals surface area contributed by atoms with Crippen LogP contribution >= 0.6 is 23.2 Å². The van der Waals surface area contributed by atoms with Gasteiger partial charge in [-0.3, -0.25) is 10.9 Å². The molecule has 4 nitrogen and oxygen atoms in total. The predicted octanol–water partition coefficient (Wildman–Crippen LogP) is 4.62. The molecule has 2 N–H and O–H groups in total. The van der Waals surface area contributed by atoms with Crippen LogP contribution in [0.1, 0.15) is 44.1 Å². The zero-order chi connectivity index (χ0) is 18.6. The number of hydrogen-bond donors (Lipinski definition) is 2. The normalized spacial score (nSPS) is 23.5. The van der Waals surface area contributed by atoms with Gasteiger partial charge >= 0.3 is 0 Å². The molecule has 1 atom stereocenters. The number of nitrogens with zero attached hydrogens (tertiary/aromatic N) is 2. The van der Waals surface area contributed by atoms with E-state index in [1.165, 1.54) is 58.2 Å². The highest BCUT2D eigenvalue weighted by atomic mass is 35.5. The fraction of sp³-hybridized carbons (Fsp3) is 0.524. The minimum Gasteiger partial charge on any atom is -0.354 e. The number of nitrogens with one attached hydrogen (secondary N) is 2. The molecule has 1 aromatic carbocycles. The predicted molar refractivity (Wildman–Crippen MR) is 113 cm³/mol. The van der Waals surface area contributed by atoms with Crippen LogP contribution in [0.3, 0.4) is 0 Å². The maximum absolute atomic E-state index is 6.36. The lowest BCUT2D eigenvalue weighted by atomic mass is 9.99. The van der Waals surface area contributed by atoms with Crippen molar-refractivity contribution >= 4 is 28.9 Å². The van der Waals surface area contributed by atoms with E-state index in [0.717, 1.165) is 23.6 Å². The van der Waals surface area contributed by atoms with E-state index >= 15 is 0 Å². The average molecular weight is 407 g/mol. The first kappa shape index (κ1) is 19.0. The van der Waals surface area contributed by atoms with Crippen LogP contribution in [0, 0.1) is 0 Å². The van der Waals surface area contributed by atoms with Crippen molar-refractivity contribution in [3.63, 3.8) is 0 Å². The van der Waals surface area contributed by atoms with E-state index in [-0.39, 0.29) is 0 Å². The number of halogens is 2. The van der Waals surface area contributed by atoms with Gasteiger partial charge in [-0.15, -0.1) is 0 Å². The van der Waals surface area contributed by atoms with E-state index in [9.17, 15) is 0 Å². The summed E-state index contributed by atoms with van der Waals surface area (Å²) in [6.07, 6.45) is 12.1. The molecule has 27 heavy (non-hydrogen) atoms. The molecule has 3 aliphatic rings. The van der Waals surface area contributed by atoms with E-state index in [2.05, 4.69) is 32.8 Å². The molecule has 0 bridgehead atoms. The fourth-order valence-electron chi connectivity index (χ4n) is 4.37. The summed E-state index contributed by atoms with van der Waals surface area (Å²) < 4.78 is 0. The molecule has 0 saturated carbocycles. The number of hydrogen-bond acceptors (Lipinski definition) is 4. The third-order valence-electron chi connectivity index (χ3n) is 5.89. The summed E-state index contributed by atoms with van der Waals surface area (Å²) in [5.74, 6) is 1.16. The Kier molecular flexibility index (Phi) is 6.16. The van der Waals surface area contributed by atoms with Gasteiger partial charge in [-0.1, -0.05) is 35.3 Å². The van der Waals surface area contributed by atoms with Gasteiger partial charge in [0.05, 0.1) is 15.7 Å². The highest BCUT2D eigenvalue weighted by molar-refractivity contribution is 6.43. The summed E-state index contributed by atoms with van der Waals surface area (Å²) in [6.45, 7) is 4.90. The lowest BCUT2D eigenvalue weighted by Gasteiger charge is -2.40. The Bertz CT molecular complexity index is 725. The van der Waals surface area contributed by atoms with Gasteiger partial charge in [0, 0.05) is 24.7 Å². The summed E-state index contributed by atoms with van der Waals surface area (Å²) in [5, 5.41) is 1.16. The van der Waals surface area contributed by atoms with Crippen molar-refractivity contribution in [3.05, 3.63) is 51.8 Å². The lowest BCUT2D eigenvalue weighted by molar-refractivity contribution is 0.155. The zero-order valence-electron chi connectivity index (χ0n) is 15.7. The van der Waals surface area contributed by atoms with E-state index < -0.39 is 0 Å². The second-order valence-electron chi connectivity index (χ2n) is 7.66. The third-order valence-corrected chi connectivity index (χ3v) is 6.71. The molecular formula is C21H28Cl2N4. The summed E-state index contributed by atoms with van der Waals surface area (Å²) in [7, 11) is 0. The molecule has 0 amide bonds. The van der Waals surface area contributed by atoms with Gasteiger partial charge in [-0.25, -0.2) is 0 Å². The van der Waals surface area contributed by atoms with Crippen molar-refractivity contribution < 1.29 is 0 Å². The molecule has 3 aliphatic heterocycles. The standard InChI is InChI=1S/C21H28Cl2N4/c22-18-8-5-7-17(21(18)23)19-9-10-20(25-24-19)27-14-2-1-6-16(27)11-15-26-12-3-4-13-26/h5,7-10,16,24-25H,1-4,6,11-15H2. The summed E-state index contributed by atoms with van der Waals surface area (Å²) in [6, 6.07) is 6.33. The molecule has 4 rings (SSSR count). The number of piperidine rings is 1. The van der Waals surface area contributed by atoms with E-state index in [1.54, 1.807) is 0 Å². The fourth-order valence-corrected chi connectivity index (χ4v) is 4.77. The first-order valence-corrected chi connectivity index (χ1v) is 10.9. The molecule has 2 fully saturated rings. The van der Waals surface area contributed by atoms with E-state index in [0.29, 0.717) is 16.1 Å². The smallest absolute Gasteiger partial charge is 0.120 e. The zero-order valence-corrected chi connectivity index (χ0v) is 17.2. The average Bonchev–Trinajstić information content (AvgIpc) is 3.23. The van der Waals surface area contributed by atoms with Crippen LogP contribution < -0.4 is 10.9 Å². The van der Waals surface area contributed by atoms with Crippen molar-refractivity contribution in [1.29, 1.82) is 0 Å². The molecular weight excluding hydrogens is 379 g/mol. The van der Waals surface area contributed by atoms with Crippen LogP contribution in [0.5, 0.6) is 0 Å². The van der Waals surface area contributed by atoms with Crippen LogP contribution in [0.4, 0.5) is 0 Å². The Morgan fingerprint density at radius 2 is 1.78 bits per heavy atom. The second-order valence-corrected chi connectivity index (χ2v) is 8.45. The maximum Gasteiger partial charge on any atom is 0.120 e. The minimum atomic E-state index is 0.574. The Morgan fingerprint density at radius 3 is 2.56 bits per heavy atom. The van der Waals surface area contributed by atoms with Gasteiger partial charge in [0.25, 0.3) is 0 Å². The molecule has 6 heteroatoms. The summed E-state index contributed by atoms with van der Waals surface area (Å²) in [4.78, 5) is 5.16. The van der Waals surface area contributed by atoms with Crippen molar-refractivity contribution in [2.24, 2.45) is 0 Å². The molecule has 3 heterocycles. The minimum absolute atomic E-state index is 0.574. The molecule has 2 saturated heterocycles. The van der Waals surface area contributed by atoms with Gasteiger partial charge in [-0.2, -0.15) is 0 Å². The van der Waals surface area contributed by atoms with Crippen molar-refractivity contribution in [2.75, 3.05) is 26.2 Å². The number of rotatable bonds is 5. The largest absolute Gasteiger partial charge is 0.354 e. The second kappa shape index (κ2) is 8.76. The number of likely N-dealkylation sites (tertiary alicyclic amines) is 2. The SMILES string of the molecule is Clc1cccc(C2=CC=C(N3CCCCC3CCN3CCCC3)NN2)c1Cl. The monoisotopic (exact) mass is 406 g/mol. The van der Waals surface area contributed by atoms with Gasteiger partial charge in [0.2, 0.25) is 0 Å². The summed E-state index contributed by atoms with van der Waals surface area (Å²) in [5.41, 5.74) is 8.57. The molecule has 0 aromatic heterocycles. The number of hydrazine groups is 1. The van der Waals surface area contributed by atoms with Gasteiger partial charge in [0.15, 0.2) is 0 Å². The van der Waals surface area contributed by atoms with E-state index in [1.807, 2.05) is 18.2 Å². The van der Waals surface area contributed by atoms with E-state index in [4.69, 9.17) is 23.2 Å². The first-order chi connectivity index (χ1) is 13.2. The Labute approximate surface area is 172 Å². The van der Waals surface area contributed by atoms with Crippen LogP contribution in [0.2, 0.25) is 10.0 Å². The van der Waals surface area contributed by atoms with Crippen LogP contribution in [0.25, 0.3) is 5.70 Å². The molecule has 0 spiro atoms. The van der Waals surface area contributed by atoms with Crippen LogP contribution in [-0.2, 0) is 0 Å².